The molecule has 2 aliphatic rings. The number of pyridine rings is 2. The first-order chi connectivity index (χ1) is 22.1. The Balaban J connectivity index is 1.21. The molecular weight excluding hydrogens is 595 g/mol. The minimum absolute atomic E-state index is 0.106. The molecule has 13 heteroatoms. The number of amides is 1. The fourth-order valence-corrected chi connectivity index (χ4v) is 5.95. The number of nitrogen functional groups attached to an aromatic ring is 1. The molecule has 0 aromatic carbocycles. The highest BCUT2D eigenvalue weighted by Gasteiger charge is 2.33. The maximum absolute atomic E-state index is 13.7. The number of carbonyl (C=O) groups excluding carboxylic acids is 1. The molecule has 0 unspecified atom stereocenters. The van der Waals surface area contributed by atoms with Crippen LogP contribution in [0.5, 0.6) is 0 Å². The van der Waals surface area contributed by atoms with Crippen LogP contribution in [0.2, 0.25) is 0 Å². The maximum atomic E-state index is 13.7. The summed E-state index contributed by atoms with van der Waals surface area (Å²) < 4.78 is 41.0. The Morgan fingerprint density at radius 3 is 2.76 bits per heavy atom. The van der Waals surface area contributed by atoms with Crippen LogP contribution in [0.25, 0.3) is 11.0 Å². The van der Waals surface area contributed by atoms with Crippen LogP contribution in [-0.2, 0) is 12.6 Å². The summed E-state index contributed by atoms with van der Waals surface area (Å²) in [6.07, 6.45) is 8.10. The van der Waals surface area contributed by atoms with E-state index < -0.39 is 17.6 Å². The lowest BCUT2D eigenvalue weighted by molar-refractivity contribution is -0.137. The average molecular weight is 638 g/mol. The van der Waals surface area contributed by atoms with Crippen molar-refractivity contribution >= 4 is 28.6 Å². The molecule has 3 aromatic rings. The highest BCUT2D eigenvalue weighted by Crippen LogP contribution is 2.31. The van der Waals surface area contributed by atoms with Gasteiger partial charge >= 0.3 is 6.18 Å². The minimum Gasteiger partial charge on any atom is -0.382 e. The number of nitrogens with two attached hydrogens (primary N) is 1. The van der Waals surface area contributed by atoms with Gasteiger partial charge < -0.3 is 21.3 Å². The molecule has 1 aliphatic carbocycles. The van der Waals surface area contributed by atoms with Gasteiger partial charge in [0.15, 0.2) is 11.5 Å². The molecule has 1 fully saturated rings. The topological polar surface area (TPSA) is 128 Å². The van der Waals surface area contributed by atoms with E-state index in [1.54, 1.807) is 12.3 Å². The van der Waals surface area contributed by atoms with Crippen molar-refractivity contribution in [1.29, 1.82) is 0 Å². The summed E-state index contributed by atoms with van der Waals surface area (Å²) >= 11 is 0. The number of rotatable bonds is 12. The molecule has 3 aromatic heterocycles. The molecule has 0 bridgehead atoms. The van der Waals surface area contributed by atoms with Gasteiger partial charge in [-0.15, -0.1) is 0 Å². The van der Waals surface area contributed by atoms with Gasteiger partial charge in [-0.2, -0.15) is 18.3 Å². The number of alkyl halides is 3. The zero-order valence-electron chi connectivity index (χ0n) is 26.2. The van der Waals surface area contributed by atoms with Crippen molar-refractivity contribution < 1.29 is 18.0 Å². The summed E-state index contributed by atoms with van der Waals surface area (Å²) in [5.41, 5.74) is 8.68. The van der Waals surface area contributed by atoms with Crippen molar-refractivity contribution in [2.75, 3.05) is 57.4 Å². The van der Waals surface area contributed by atoms with Gasteiger partial charge in [0.1, 0.15) is 5.82 Å². The van der Waals surface area contributed by atoms with Crippen molar-refractivity contribution in [3.8, 4) is 0 Å². The number of aromatic nitrogens is 4. The summed E-state index contributed by atoms with van der Waals surface area (Å²) in [5.74, 6) is -0.0621. The normalized spacial score (nSPS) is 18.4. The highest BCUT2D eigenvalue weighted by molar-refractivity contribution is 5.99. The molecule has 246 valence electrons. The monoisotopic (exact) mass is 637 g/mol. The number of halogens is 3. The number of anilines is 2. The van der Waals surface area contributed by atoms with E-state index in [4.69, 9.17) is 5.73 Å². The lowest BCUT2D eigenvalue weighted by Gasteiger charge is -2.34. The third-order valence-corrected chi connectivity index (χ3v) is 8.58. The Kier molecular flexibility index (Phi) is 10.7. The Morgan fingerprint density at radius 1 is 1.20 bits per heavy atom. The molecule has 4 heterocycles. The number of aryl methyl sites for hydroxylation is 1. The number of allylic oxidation sites excluding steroid dienone is 3. The number of nitrogens with zero attached hydrogens (tertiary/aromatic N) is 5. The summed E-state index contributed by atoms with van der Waals surface area (Å²) in [6.45, 7) is 8.96. The number of H-pyrrole nitrogens is 1. The van der Waals surface area contributed by atoms with E-state index >= 15 is 0 Å². The predicted octanol–water partition coefficient (Wildman–Crippen LogP) is 4.96. The Bertz CT molecular complexity index is 1590. The largest absolute Gasteiger partial charge is 0.417 e. The second-order valence-electron chi connectivity index (χ2n) is 12.1. The first-order valence-corrected chi connectivity index (χ1v) is 15.7. The van der Waals surface area contributed by atoms with Gasteiger partial charge in [-0.1, -0.05) is 36.0 Å². The van der Waals surface area contributed by atoms with E-state index in [9.17, 15) is 18.0 Å². The van der Waals surface area contributed by atoms with Crippen molar-refractivity contribution in [2.24, 2.45) is 0 Å². The zero-order valence-corrected chi connectivity index (χ0v) is 26.2. The molecule has 0 saturated carbocycles. The van der Waals surface area contributed by atoms with Crippen molar-refractivity contribution in [3.63, 3.8) is 0 Å². The van der Waals surface area contributed by atoms with Gasteiger partial charge in [0, 0.05) is 57.7 Å². The first kappa shape index (κ1) is 33.1. The van der Waals surface area contributed by atoms with Gasteiger partial charge in [-0.05, 0) is 63.3 Å². The highest BCUT2D eigenvalue weighted by atomic mass is 19.4. The van der Waals surface area contributed by atoms with E-state index in [0.717, 1.165) is 87.2 Å². The van der Waals surface area contributed by atoms with E-state index in [1.165, 1.54) is 5.57 Å². The third kappa shape index (κ3) is 8.73. The van der Waals surface area contributed by atoms with E-state index in [0.29, 0.717) is 24.3 Å². The summed E-state index contributed by atoms with van der Waals surface area (Å²) in [4.78, 5) is 26.6. The van der Waals surface area contributed by atoms with Crippen LogP contribution in [-0.4, -0.2) is 88.2 Å². The van der Waals surface area contributed by atoms with Crippen LogP contribution in [0.1, 0.15) is 53.6 Å². The van der Waals surface area contributed by atoms with E-state index in [-0.39, 0.29) is 24.0 Å². The van der Waals surface area contributed by atoms with Crippen molar-refractivity contribution in [1.82, 2.24) is 35.3 Å². The SMILES string of the molecule is C=C/C=C(\CCCc1cnc2[nH]nc(N)c2c1)CNc1ncc(C(F)(F)F)cc1C(=O)N[C@H]1CCC=C(CN2CCN(C)CC2)C1. The smallest absolute Gasteiger partial charge is 0.382 e. The maximum Gasteiger partial charge on any atom is 0.417 e. The number of hydrogen-bond donors (Lipinski definition) is 4. The fraction of sp³-hybridized carbons (Fsp3) is 0.455. The predicted molar refractivity (Wildman–Crippen MR) is 174 cm³/mol. The summed E-state index contributed by atoms with van der Waals surface area (Å²) in [6, 6.07) is 2.69. The van der Waals surface area contributed by atoms with Crippen LogP contribution >= 0.6 is 0 Å². The number of likely N-dealkylation sites (N-methyl/N-ethyl adjacent to an activating group) is 1. The molecule has 1 amide bonds. The number of hydrogen-bond acceptors (Lipinski definition) is 8. The second-order valence-corrected chi connectivity index (χ2v) is 12.1. The molecule has 5 rings (SSSR count). The Labute approximate surface area is 267 Å². The molecule has 1 atom stereocenters. The Hall–Kier alpha value is -4.23. The molecule has 46 heavy (non-hydrogen) atoms. The van der Waals surface area contributed by atoms with Gasteiger partial charge in [0.25, 0.3) is 5.91 Å². The van der Waals surface area contributed by atoms with Crippen LogP contribution in [0.3, 0.4) is 0 Å². The van der Waals surface area contributed by atoms with Crippen LogP contribution in [0.4, 0.5) is 24.8 Å². The number of nitrogens with one attached hydrogen (secondary N) is 3. The number of carbonyl (C=O) groups is 1. The first-order valence-electron chi connectivity index (χ1n) is 15.7. The number of piperazine rings is 1. The summed E-state index contributed by atoms with van der Waals surface area (Å²) in [5, 5.41) is 13.7. The van der Waals surface area contributed by atoms with Gasteiger partial charge in [0.2, 0.25) is 0 Å². The standard InChI is InChI=1S/C33H42F3N9O/c1-3-6-22(7-4-8-23-16-27-29(37)42-43-31(27)39-19-23)18-38-30-28(17-25(20-40-30)33(34,35)36)32(46)41-26-10-5-9-24(15-26)21-45-13-11-44(2)12-14-45/h3,6,9,16-17,19-20,26H,1,4-5,7-8,10-15,18,21H2,2H3,(H,38,40)(H,41,46)(H3,37,39,42,43)/b22-6+/t26-/m0/s1. The molecule has 1 saturated heterocycles. The zero-order chi connectivity index (χ0) is 32.7. The molecular formula is C33H42F3N9O. The number of aromatic amines is 1. The molecule has 0 radical (unpaired) electrons. The third-order valence-electron chi connectivity index (χ3n) is 8.58. The Morgan fingerprint density at radius 2 is 2.00 bits per heavy atom. The van der Waals surface area contributed by atoms with Crippen molar-refractivity contribution in [2.45, 2.75) is 50.7 Å². The van der Waals surface area contributed by atoms with Gasteiger partial charge in [-0.3, -0.25) is 14.8 Å². The summed E-state index contributed by atoms with van der Waals surface area (Å²) in [7, 11) is 2.12. The molecule has 5 N–H and O–H groups in total. The second kappa shape index (κ2) is 14.9. The fourth-order valence-electron chi connectivity index (χ4n) is 5.95. The number of fused-ring (bicyclic) bond motifs is 1. The quantitative estimate of drug-likeness (QED) is 0.162. The molecule has 10 nitrogen and oxygen atoms in total. The van der Waals surface area contributed by atoms with E-state index in [1.807, 2.05) is 12.1 Å². The molecule has 1 aliphatic heterocycles. The van der Waals surface area contributed by atoms with Crippen molar-refractivity contribution in [3.05, 3.63) is 77.2 Å². The van der Waals surface area contributed by atoms with Gasteiger partial charge in [-0.25, -0.2) is 9.97 Å². The van der Waals surface area contributed by atoms with Gasteiger partial charge in [0.05, 0.1) is 16.5 Å². The minimum atomic E-state index is -4.63. The lowest BCUT2D eigenvalue weighted by Crippen LogP contribution is -2.45. The average Bonchev–Trinajstić information content (AvgIpc) is 3.40. The molecule has 0 spiro atoms. The van der Waals surface area contributed by atoms with Crippen LogP contribution in [0.15, 0.2) is 60.5 Å². The van der Waals surface area contributed by atoms with Crippen LogP contribution in [0, 0.1) is 0 Å². The van der Waals surface area contributed by atoms with E-state index in [2.05, 4.69) is 60.3 Å². The lowest BCUT2D eigenvalue weighted by atomic mass is 9.93. The van der Waals surface area contributed by atoms with Crippen LogP contribution < -0.4 is 16.4 Å².